The second-order valence-electron chi connectivity index (χ2n) is 16.4. The van der Waals surface area contributed by atoms with Gasteiger partial charge in [0.25, 0.3) is 0 Å². The van der Waals surface area contributed by atoms with Gasteiger partial charge in [0.05, 0.1) is 16.5 Å². The maximum atomic E-state index is 6.48. The molecule has 1 spiro atoms. The van der Waals surface area contributed by atoms with E-state index in [0.717, 1.165) is 39.0 Å². The molecule has 1 aromatic heterocycles. The van der Waals surface area contributed by atoms with E-state index in [0.29, 0.717) is 0 Å². The van der Waals surface area contributed by atoms with Gasteiger partial charge in [-0.2, -0.15) is 0 Å². The van der Waals surface area contributed by atoms with E-state index in [1.54, 1.807) is 0 Å². The molecule has 0 atom stereocenters. The van der Waals surface area contributed by atoms with Crippen LogP contribution in [0.3, 0.4) is 0 Å². The SMILES string of the molecule is c1ccc2c(c1)-c1ccccc1C21c2ccccc2-c2cc(N(c3ccc(-c4ccc(-c5ccc6ccccc6c5)cc4)cc3)c3cccc4oc5ccccc5c34)ccc21. The van der Waals surface area contributed by atoms with E-state index in [-0.39, 0.29) is 0 Å². The molecule has 0 aliphatic heterocycles. The lowest BCUT2D eigenvalue weighted by molar-refractivity contribution is 0.669. The van der Waals surface area contributed by atoms with Crippen molar-refractivity contribution in [1.29, 1.82) is 0 Å². The molecule has 10 aromatic carbocycles. The number of rotatable bonds is 5. The van der Waals surface area contributed by atoms with E-state index in [2.05, 4.69) is 223 Å². The number of anilines is 3. The van der Waals surface area contributed by atoms with Gasteiger partial charge in [0, 0.05) is 16.8 Å². The lowest BCUT2D eigenvalue weighted by Crippen LogP contribution is -2.25. The van der Waals surface area contributed by atoms with Gasteiger partial charge >= 0.3 is 0 Å². The number of benzene rings is 10. The van der Waals surface area contributed by atoms with Crippen LogP contribution in [0.4, 0.5) is 17.1 Å². The van der Waals surface area contributed by atoms with Crippen molar-refractivity contribution < 1.29 is 4.42 Å². The summed E-state index contributed by atoms with van der Waals surface area (Å²) >= 11 is 0. The first-order valence-electron chi connectivity index (χ1n) is 21.1. The zero-order chi connectivity index (χ0) is 40.1. The van der Waals surface area contributed by atoms with Crippen LogP contribution in [0.1, 0.15) is 22.3 Å². The second-order valence-corrected chi connectivity index (χ2v) is 16.4. The summed E-state index contributed by atoms with van der Waals surface area (Å²) in [5.74, 6) is 0. The van der Waals surface area contributed by atoms with Gasteiger partial charge in [-0.3, -0.25) is 0 Å². The molecule has 2 aliphatic rings. The molecule has 0 N–H and O–H groups in total. The first-order chi connectivity index (χ1) is 30.2. The molecule has 0 saturated carbocycles. The third-order valence-corrected chi connectivity index (χ3v) is 13.3. The van der Waals surface area contributed by atoms with E-state index in [1.807, 2.05) is 6.07 Å². The summed E-state index contributed by atoms with van der Waals surface area (Å²) in [5, 5.41) is 4.71. The Balaban J connectivity index is 0.966. The predicted molar refractivity (Wildman–Crippen MR) is 253 cm³/mol. The fraction of sp³-hybridized carbons (Fsp3) is 0.0169. The van der Waals surface area contributed by atoms with E-state index in [9.17, 15) is 0 Å². The molecule has 0 saturated heterocycles. The Morgan fingerprint density at radius 3 is 1.54 bits per heavy atom. The van der Waals surface area contributed by atoms with Crippen LogP contribution in [0.25, 0.3) is 77.2 Å². The number of fused-ring (bicyclic) bond motifs is 14. The highest BCUT2D eigenvalue weighted by Gasteiger charge is 2.51. The quantitative estimate of drug-likeness (QED) is 0.173. The smallest absolute Gasteiger partial charge is 0.137 e. The average molecular weight is 776 g/mol. The van der Waals surface area contributed by atoms with Crippen LogP contribution < -0.4 is 4.90 Å². The molecular formula is C59H37NO. The fourth-order valence-corrected chi connectivity index (χ4v) is 10.6. The fourth-order valence-electron chi connectivity index (χ4n) is 10.6. The number of hydrogen-bond donors (Lipinski definition) is 0. The molecule has 2 heteroatoms. The molecule has 2 aliphatic carbocycles. The molecule has 13 rings (SSSR count). The molecular weight excluding hydrogens is 739 g/mol. The van der Waals surface area contributed by atoms with Crippen LogP contribution in [0.2, 0.25) is 0 Å². The predicted octanol–water partition coefficient (Wildman–Crippen LogP) is 15.9. The summed E-state index contributed by atoms with van der Waals surface area (Å²) in [6, 6.07) is 82.2. The third-order valence-electron chi connectivity index (χ3n) is 13.3. The summed E-state index contributed by atoms with van der Waals surface area (Å²) in [6.45, 7) is 0. The highest BCUT2D eigenvalue weighted by molar-refractivity contribution is 6.13. The maximum Gasteiger partial charge on any atom is 0.137 e. The van der Waals surface area contributed by atoms with Crippen molar-refractivity contribution in [1.82, 2.24) is 0 Å². The Kier molecular flexibility index (Phi) is 7.26. The van der Waals surface area contributed by atoms with Crippen molar-refractivity contribution in [3.8, 4) is 44.5 Å². The standard InChI is InChI=1S/C59H37NO/c1-2-13-42-36-43(29-28-38(42)12-1)41-26-24-39(25-27-41)40-30-32-44(33-31-40)60(55-21-11-23-57-58(55)49-17-6-10-22-56(49)61-57)45-34-35-54-50(37-45)48-16-5-9-20-53(48)59(54)51-18-7-3-14-46(51)47-15-4-8-19-52(47)59/h1-37H. The Morgan fingerprint density at radius 2 is 0.836 bits per heavy atom. The van der Waals surface area contributed by atoms with Crippen LogP contribution in [-0.2, 0) is 5.41 Å². The zero-order valence-electron chi connectivity index (χ0n) is 33.2. The first kappa shape index (κ1) is 34.0. The normalized spacial score (nSPS) is 13.0. The van der Waals surface area contributed by atoms with Crippen molar-refractivity contribution >= 4 is 49.8 Å². The number of furan rings is 1. The Hall–Kier alpha value is -7.94. The van der Waals surface area contributed by atoms with Crippen LogP contribution in [0, 0.1) is 0 Å². The van der Waals surface area contributed by atoms with Crippen LogP contribution >= 0.6 is 0 Å². The van der Waals surface area contributed by atoms with E-state index < -0.39 is 5.41 Å². The van der Waals surface area contributed by atoms with Crippen molar-refractivity contribution in [3.05, 3.63) is 247 Å². The van der Waals surface area contributed by atoms with E-state index in [1.165, 1.54) is 77.5 Å². The summed E-state index contributed by atoms with van der Waals surface area (Å²) < 4.78 is 6.48. The van der Waals surface area contributed by atoms with E-state index in [4.69, 9.17) is 4.42 Å². The van der Waals surface area contributed by atoms with Gasteiger partial charge < -0.3 is 9.32 Å². The Labute approximate surface area is 354 Å². The Bertz CT molecular complexity index is 3490. The topological polar surface area (TPSA) is 16.4 Å². The lowest BCUT2D eigenvalue weighted by atomic mass is 9.70. The molecule has 1 heterocycles. The molecule has 11 aromatic rings. The zero-order valence-corrected chi connectivity index (χ0v) is 33.2. The van der Waals surface area contributed by atoms with Crippen molar-refractivity contribution in [2.45, 2.75) is 5.41 Å². The minimum absolute atomic E-state index is 0.394. The van der Waals surface area contributed by atoms with Gasteiger partial charge in [0.2, 0.25) is 0 Å². The molecule has 0 unspecified atom stereocenters. The van der Waals surface area contributed by atoms with Gasteiger partial charge in [-0.1, -0.05) is 176 Å². The minimum Gasteiger partial charge on any atom is -0.456 e. The highest BCUT2D eigenvalue weighted by atomic mass is 16.3. The maximum absolute atomic E-state index is 6.48. The third kappa shape index (κ3) is 4.91. The van der Waals surface area contributed by atoms with Gasteiger partial charge in [0.1, 0.15) is 11.2 Å². The number of hydrogen-bond acceptors (Lipinski definition) is 2. The van der Waals surface area contributed by atoms with E-state index >= 15 is 0 Å². The second kappa shape index (κ2) is 13.0. The summed E-state index contributed by atoms with van der Waals surface area (Å²) in [6.07, 6.45) is 0. The van der Waals surface area contributed by atoms with Crippen LogP contribution in [-0.4, -0.2) is 0 Å². The van der Waals surface area contributed by atoms with Gasteiger partial charge in [-0.15, -0.1) is 0 Å². The van der Waals surface area contributed by atoms with Gasteiger partial charge in [0.15, 0.2) is 0 Å². The summed E-state index contributed by atoms with van der Waals surface area (Å²) in [7, 11) is 0. The molecule has 0 bridgehead atoms. The molecule has 61 heavy (non-hydrogen) atoms. The van der Waals surface area contributed by atoms with Crippen molar-refractivity contribution in [2.75, 3.05) is 4.90 Å². The first-order valence-corrected chi connectivity index (χ1v) is 21.1. The molecule has 2 nitrogen and oxygen atoms in total. The van der Waals surface area contributed by atoms with Gasteiger partial charge in [-0.25, -0.2) is 0 Å². The highest BCUT2D eigenvalue weighted by Crippen LogP contribution is 2.63. The Morgan fingerprint density at radius 1 is 0.328 bits per heavy atom. The van der Waals surface area contributed by atoms with Crippen molar-refractivity contribution in [3.63, 3.8) is 0 Å². The molecule has 0 amide bonds. The van der Waals surface area contributed by atoms with Crippen LogP contribution in [0.5, 0.6) is 0 Å². The van der Waals surface area contributed by atoms with Crippen molar-refractivity contribution in [2.24, 2.45) is 0 Å². The summed E-state index contributed by atoms with van der Waals surface area (Å²) in [4.78, 5) is 2.42. The van der Waals surface area contributed by atoms with Gasteiger partial charge in [-0.05, 0) is 126 Å². The average Bonchev–Trinajstić information content (AvgIpc) is 3.96. The minimum atomic E-state index is -0.394. The van der Waals surface area contributed by atoms with Crippen LogP contribution in [0.15, 0.2) is 229 Å². The lowest BCUT2D eigenvalue weighted by Gasteiger charge is -2.31. The molecule has 0 radical (unpaired) electrons. The molecule has 284 valence electrons. The largest absolute Gasteiger partial charge is 0.456 e. The number of nitrogens with zero attached hydrogens (tertiary/aromatic N) is 1. The summed E-state index contributed by atoms with van der Waals surface area (Å²) in [5.41, 5.74) is 19.9. The number of para-hydroxylation sites is 1. The monoisotopic (exact) mass is 775 g/mol. The molecule has 0 fully saturated rings.